The summed E-state index contributed by atoms with van der Waals surface area (Å²) in [6, 6.07) is 7.60. The number of halogens is 1. The van der Waals surface area contributed by atoms with Crippen molar-refractivity contribution in [3.8, 4) is 11.3 Å². The van der Waals surface area contributed by atoms with E-state index in [1.807, 2.05) is 29.2 Å². The fourth-order valence-corrected chi connectivity index (χ4v) is 2.80. The van der Waals surface area contributed by atoms with Crippen LogP contribution in [0.25, 0.3) is 11.3 Å². The van der Waals surface area contributed by atoms with Gasteiger partial charge in [0, 0.05) is 46.9 Å². The summed E-state index contributed by atoms with van der Waals surface area (Å²) < 4.78 is 0. The number of rotatable bonds is 2. The molecule has 1 aliphatic heterocycles. The molecule has 0 atom stereocenters. The van der Waals surface area contributed by atoms with Crippen LogP contribution in [0.15, 0.2) is 36.4 Å². The van der Waals surface area contributed by atoms with E-state index in [1.54, 1.807) is 6.92 Å². The second-order valence-electron chi connectivity index (χ2n) is 5.30. The lowest BCUT2D eigenvalue weighted by molar-refractivity contribution is -0.127. The van der Waals surface area contributed by atoms with Crippen LogP contribution in [0, 0.1) is 0 Å². The summed E-state index contributed by atoms with van der Waals surface area (Å²) in [4.78, 5) is 13.9. The van der Waals surface area contributed by atoms with Crippen molar-refractivity contribution in [2.75, 3.05) is 6.54 Å². The Balaban J connectivity index is 1.96. The zero-order chi connectivity index (χ0) is 15.0. The number of benzene rings is 1. The Morgan fingerprint density at radius 2 is 2.29 bits per heavy atom. The van der Waals surface area contributed by atoms with Crippen molar-refractivity contribution in [1.82, 2.24) is 15.1 Å². The van der Waals surface area contributed by atoms with E-state index in [1.165, 1.54) is 0 Å². The first-order valence-electron chi connectivity index (χ1n) is 6.83. The Morgan fingerprint density at radius 3 is 3.00 bits per heavy atom. The SMILES string of the molecule is C=C(C)C(=O)N1CCc2[nH]nc(-c3cccc(Cl)c3)c2C1. The van der Waals surface area contributed by atoms with Crippen LogP contribution in [0.3, 0.4) is 0 Å². The number of amides is 1. The lowest BCUT2D eigenvalue weighted by atomic mass is 10.0. The van der Waals surface area contributed by atoms with Gasteiger partial charge in [0.2, 0.25) is 5.91 Å². The molecule has 0 aliphatic carbocycles. The summed E-state index contributed by atoms with van der Waals surface area (Å²) in [6.07, 6.45) is 0.780. The van der Waals surface area contributed by atoms with Gasteiger partial charge in [0.15, 0.2) is 0 Å². The minimum atomic E-state index is -0.00102. The summed E-state index contributed by atoms with van der Waals surface area (Å²) in [6.45, 7) is 6.72. The van der Waals surface area contributed by atoms with Gasteiger partial charge in [-0.05, 0) is 19.1 Å². The van der Waals surface area contributed by atoms with Gasteiger partial charge in [0.05, 0.1) is 5.69 Å². The first kappa shape index (κ1) is 13.9. The average Bonchev–Trinajstić information content (AvgIpc) is 2.89. The number of nitrogens with one attached hydrogen (secondary N) is 1. The highest BCUT2D eigenvalue weighted by Gasteiger charge is 2.25. The molecular weight excluding hydrogens is 286 g/mol. The minimum absolute atomic E-state index is 0.00102. The van der Waals surface area contributed by atoms with E-state index in [-0.39, 0.29) is 5.91 Å². The van der Waals surface area contributed by atoms with Crippen LogP contribution in [0.1, 0.15) is 18.2 Å². The predicted octanol–water partition coefficient (Wildman–Crippen LogP) is 3.19. The van der Waals surface area contributed by atoms with Crippen LogP contribution in [0.5, 0.6) is 0 Å². The van der Waals surface area contributed by atoms with Crippen LogP contribution < -0.4 is 0 Å². The van der Waals surface area contributed by atoms with Crippen molar-refractivity contribution in [3.63, 3.8) is 0 Å². The van der Waals surface area contributed by atoms with Crippen LogP contribution in [0.2, 0.25) is 5.02 Å². The number of nitrogens with zero attached hydrogens (tertiary/aromatic N) is 2. The largest absolute Gasteiger partial charge is 0.334 e. The van der Waals surface area contributed by atoms with Gasteiger partial charge in [0.1, 0.15) is 0 Å². The molecule has 1 amide bonds. The van der Waals surface area contributed by atoms with E-state index in [0.29, 0.717) is 23.7 Å². The topological polar surface area (TPSA) is 49.0 Å². The van der Waals surface area contributed by atoms with Crippen molar-refractivity contribution in [1.29, 1.82) is 0 Å². The fourth-order valence-electron chi connectivity index (χ4n) is 2.61. The summed E-state index contributed by atoms with van der Waals surface area (Å²) in [7, 11) is 0. The molecule has 0 bridgehead atoms. The first-order valence-corrected chi connectivity index (χ1v) is 7.21. The van der Waals surface area contributed by atoms with E-state index in [4.69, 9.17) is 11.6 Å². The highest BCUT2D eigenvalue weighted by atomic mass is 35.5. The van der Waals surface area contributed by atoms with Gasteiger partial charge < -0.3 is 4.90 Å². The van der Waals surface area contributed by atoms with Gasteiger partial charge in [-0.15, -0.1) is 0 Å². The fraction of sp³-hybridized carbons (Fsp3) is 0.250. The Labute approximate surface area is 128 Å². The number of carbonyl (C=O) groups is 1. The molecule has 21 heavy (non-hydrogen) atoms. The maximum Gasteiger partial charge on any atom is 0.249 e. The number of aromatic amines is 1. The minimum Gasteiger partial charge on any atom is -0.334 e. The molecule has 4 nitrogen and oxygen atoms in total. The normalized spacial score (nSPS) is 13.9. The van der Waals surface area contributed by atoms with Gasteiger partial charge in [-0.1, -0.05) is 30.3 Å². The molecule has 0 spiro atoms. The highest BCUT2D eigenvalue weighted by Crippen LogP contribution is 2.30. The molecule has 2 aromatic rings. The second kappa shape index (κ2) is 5.37. The van der Waals surface area contributed by atoms with E-state index < -0.39 is 0 Å². The van der Waals surface area contributed by atoms with Crippen LogP contribution in [-0.2, 0) is 17.8 Å². The van der Waals surface area contributed by atoms with Gasteiger partial charge in [-0.2, -0.15) is 5.10 Å². The van der Waals surface area contributed by atoms with E-state index >= 15 is 0 Å². The van der Waals surface area contributed by atoms with Crippen molar-refractivity contribution in [2.45, 2.75) is 19.9 Å². The number of hydrogen-bond acceptors (Lipinski definition) is 2. The maximum absolute atomic E-state index is 12.1. The third-order valence-electron chi connectivity index (χ3n) is 3.68. The number of H-pyrrole nitrogens is 1. The van der Waals surface area contributed by atoms with Crippen LogP contribution >= 0.6 is 11.6 Å². The van der Waals surface area contributed by atoms with Gasteiger partial charge >= 0.3 is 0 Å². The average molecular weight is 302 g/mol. The lowest BCUT2D eigenvalue weighted by Gasteiger charge is -2.27. The zero-order valence-corrected chi connectivity index (χ0v) is 12.6. The molecular formula is C16H16ClN3O. The quantitative estimate of drug-likeness (QED) is 0.866. The Bertz CT molecular complexity index is 720. The molecule has 0 radical (unpaired) electrons. The molecule has 3 rings (SSSR count). The van der Waals surface area contributed by atoms with Crippen molar-refractivity contribution < 1.29 is 4.79 Å². The molecule has 0 saturated heterocycles. The van der Waals surface area contributed by atoms with Crippen molar-refractivity contribution >= 4 is 17.5 Å². The monoisotopic (exact) mass is 301 g/mol. The maximum atomic E-state index is 12.1. The van der Waals surface area contributed by atoms with E-state index in [0.717, 1.165) is 28.9 Å². The second-order valence-corrected chi connectivity index (χ2v) is 5.73. The predicted molar refractivity (Wildman–Crippen MR) is 83.0 cm³/mol. The smallest absolute Gasteiger partial charge is 0.249 e. The van der Waals surface area contributed by atoms with Gasteiger partial charge in [-0.3, -0.25) is 9.89 Å². The van der Waals surface area contributed by atoms with E-state index in [2.05, 4.69) is 16.8 Å². The molecule has 1 aliphatic rings. The molecule has 1 N–H and O–H groups in total. The third kappa shape index (κ3) is 2.59. The van der Waals surface area contributed by atoms with Crippen molar-refractivity contribution in [2.24, 2.45) is 0 Å². The molecule has 1 aromatic carbocycles. The summed E-state index contributed by atoms with van der Waals surface area (Å²) in [5.74, 6) is -0.00102. The number of fused-ring (bicyclic) bond motifs is 1. The van der Waals surface area contributed by atoms with E-state index in [9.17, 15) is 4.79 Å². The standard InChI is InChI=1S/C16H16ClN3O/c1-10(2)16(21)20-7-6-14-13(9-20)15(19-18-14)11-4-3-5-12(17)8-11/h3-5,8H,1,6-7,9H2,2H3,(H,18,19). The first-order chi connectivity index (χ1) is 10.1. The van der Waals surface area contributed by atoms with Gasteiger partial charge in [-0.25, -0.2) is 0 Å². The zero-order valence-electron chi connectivity index (χ0n) is 11.8. The Hall–Kier alpha value is -2.07. The van der Waals surface area contributed by atoms with Gasteiger partial charge in [0.25, 0.3) is 0 Å². The molecule has 108 valence electrons. The third-order valence-corrected chi connectivity index (χ3v) is 3.92. The van der Waals surface area contributed by atoms with Crippen LogP contribution in [-0.4, -0.2) is 27.5 Å². The summed E-state index contributed by atoms with van der Waals surface area (Å²) in [5, 5.41) is 8.16. The molecule has 1 aromatic heterocycles. The summed E-state index contributed by atoms with van der Waals surface area (Å²) in [5.41, 5.74) is 4.55. The Morgan fingerprint density at radius 1 is 1.48 bits per heavy atom. The van der Waals surface area contributed by atoms with Crippen molar-refractivity contribution in [3.05, 3.63) is 52.7 Å². The molecule has 0 unspecified atom stereocenters. The number of carbonyl (C=O) groups excluding carboxylic acids is 1. The van der Waals surface area contributed by atoms with Crippen LogP contribution in [0.4, 0.5) is 0 Å². The molecule has 2 heterocycles. The molecule has 0 saturated carbocycles. The highest BCUT2D eigenvalue weighted by molar-refractivity contribution is 6.30. The molecule has 0 fully saturated rings. The Kier molecular flexibility index (Phi) is 3.55. The lowest BCUT2D eigenvalue weighted by Crippen LogP contribution is -2.36. The number of hydrogen-bond donors (Lipinski definition) is 1. The summed E-state index contributed by atoms with van der Waals surface area (Å²) >= 11 is 6.05. The molecule has 5 heteroatoms. The number of aromatic nitrogens is 2.